The Morgan fingerprint density at radius 2 is 2.17 bits per heavy atom. The molecule has 0 saturated carbocycles. The number of amides is 1. The molecule has 18 heavy (non-hydrogen) atoms. The molecule has 0 aliphatic rings. The van der Waals surface area contributed by atoms with E-state index in [-0.39, 0.29) is 10.6 Å². The van der Waals surface area contributed by atoms with Crippen LogP contribution in [-0.4, -0.2) is 17.4 Å². The predicted molar refractivity (Wildman–Crippen MR) is 74.4 cm³/mol. The molecular formula is C12H14ClFN2OS. The summed E-state index contributed by atoms with van der Waals surface area (Å²) in [4.78, 5) is 12.1. The zero-order chi connectivity index (χ0) is 13.5. The minimum absolute atomic E-state index is 0.00579. The van der Waals surface area contributed by atoms with Gasteiger partial charge in [-0.05, 0) is 37.5 Å². The Kier molecular flexibility index (Phi) is 6.01. The van der Waals surface area contributed by atoms with Crippen LogP contribution in [-0.2, 0) is 0 Å². The molecule has 3 N–H and O–H groups in total. The van der Waals surface area contributed by atoms with Crippen molar-refractivity contribution in [1.82, 2.24) is 5.32 Å². The van der Waals surface area contributed by atoms with Crippen molar-refractivity contribution in [3.05, 3.63) is 34.6 Å². The van der Waals surface area contributed by atoms with Crippen LogP contribution in [0.4, 0.5) is 4.39 Å². The minimum Gasteiger partial charge on any atom is -0.393 e. The van der Waals surface area contributed by atoms with Crippen LogP contribution in [0.15, 0.2) is 18.2 Å². The van der Waals surface area contributed by atoms with E-state index < -0.39 is 11.7 Å². The highest BCUT2D eigenvalue weighted by atomic mass is 35.5. The summed E-state index contributed by atoms with van der Waals surface area (Å²) in [7, 11) is 0. The van der Waals surface area contributed by atoms with E-state index >= 15 is 0 Å². The van der Waals surface area contributed by atoms with Crippen LogP contribution in [0.25, 0.3) is 0 Å². The summed E-state index contributed by atoms with van der Waals surface area (Å²) in [5.74, 6) is -1.07. The molecule has 1 aromatic rings. The van der Waals surface area contributed by atoms with Gasteiger partial charge in [0, 0.05) is 11.6 Å². The number of halogens is 2. The molecule has 6 heteroatoms. The first-order valence-corrected chi connectivity index (χ1v) is 6.31. The van der Waals surface area contributed by atoms with Crippen LogP contribution < -0.4 is 11.1 Å². The molecule has 1 amide bonds. The van der Waals surface area contributed by atoms with Gasteiger partial charge >= 0.3 is 0 Å². The van der Waals surface area contributed by atoms with Gasteiger partial charge in [-0.3, -0.25) is 4.79 Å². The number of thiocarbonyl (C=S) groups is 1. The van der Waals surface area contributed by atoms with E-state index in [0.29, 0.717) is 18.0 Å². The van der Waals surface area contributed by atoms with Crippen LogP contribution >= 0.6 is 23.8 Å². The van der Waals surface area contributed by atoms with E-state index in [2.05, 4.69) is 5.32 Å². The molecule has 0 aliphatic carbocycles. The van der Waals surface area contributed by atoms with Crippen molar-refractivity contribution in [2.75, 3.05) is 6.54 Å². The Bertz CT molecular complexity index is 454. The van der Waals surface area contributed by atoms with Gasteiger partial charge in [0.15, 0.2) is 0 Å². The van der Waals surface area contributed by atoms with E-state index in [4.69, 9.17) is 29.6 Å². The molecule has 0 bridgehead atoms. The molecule has 1 aromatic carbocycles. The first-order chi connectivity index (χ1) is 8.50. The Labute approximate surface area is 115 Å². The van der Waals surface area contributed by atoms with Crippen molar-refractivity contribution < 1.29 is 9.18 Å². The van der Waals surface area contributed by atoms with Crippen molar-refractivity contribution in [3.63, 3.8) is 0 Å². The zero-order valence-corrected chi connectivity index (χ0v) is 11.3. The van der Waals surface area contributed by atoms with E-state index in [1.165, 1.54) is 12.1 Å². The van der Waals surface area contributed by atoms with E-state index in [1.807, 2.05) is 0 Å². The molecule has 0 unspecified atom stereocenters. The van der Waals surface area contributed by atoms with Gasteiger partial charge in [0.05, 0.1) is 10.6 Å². The first-order valence-electron chi connectivity index (χ1n) is 5.52. The second-order valence-corrected chi connectivity index (χ2v) is 4.76. The summed E-state index contributed by atoms with van der Waals surface area (Å²) < 4.78 is 13.4. The van der Waals surface area contributed by atoms with Crippen LogP contribution in [0, 0.1) is 5.82 Å². The maximum atomic E-state index is 13.4. The SMILES string of the molecule is NC(=S)CCCCNC(=O)c1ccc(Cl)cc1F. The maximum absolute atomic E-state index is 13.4. The summed E-state index contributed by atoms with van der Waals surface area (Å²) in [6.07, 6.45) is 2.21. The summed E-state index contributed by atoms with van der Waals surface area (Å²) in [6.45, 7) is 0.462. The Hall–Kier alpha value is -1.20. The average Bonchev–Trinajstić information content (AvgIpc) is 2.27. The lowest BCUT2D eigenvalue weighted by molar-refractivity contribution is 0.0949. The van der Waals surface area contributed by atoms with Gasteiger partial charge in [-0.1, -0.05) is 23.8 Å². The summed E-state index contributed by atoms with van der Waals surface area (Å²) in [6, 6.07) is 3.96. The topological polar surface area (TPSA) is 55.1 Å². The fraction of sp³-hybridized carbons (Fsp3) is 0.333. The van der Waals surface area contributed by atoms with Crippen molar-refractivity contribution in [1.29, 1.82) is 0 Å². The van der Waals surface area contributed by atoms with Crippen molar-refractivity contribution >= 4 is 34.7 Å². The van der Waals surface area contributed by atoms with Gasteiger partial charge in [-0.2, -0.15) is 0 Å². The van der Waals surface area contributed by atoms with E-state index in [0.717, 1.165) is 18.9 Å². The molecule has 0 fully saturated rings. The van der Waals surface area contributed by atoms with Gasteiger partial charge in [-0.15, -0.1) is 0 Å². The number of carbonyl (C=O) groups is 1. The predicted octanol–water partition coefficient (Wildman–Crippen LogP) is 2.67. The molecule has 0 saturated heterocycles. The van der Waals surface area contributed by atoms with Crippen molar-refractivity contribution in [3.8, 4) is 0 Å². The Morgan fingerprint density at radius 3 is 2.78 bits per heavy atom. The molecule has 0 spiro atoms. The number of hydrogen-bond acceptors (Lipinski definition) is 2. The molecule has 0 radical (unpaired) electrons. The number of benzene rings is 1. The second-order valence-electron chi connectivity index (χ2n) is 3.80. The number of unbranched alkanes of at least 4 members (excludes halogenated alkanes) is 1. The average molecular weight is 289 g/mol. The van der Waals surface area contributed by atoms with E-state index in [9.17, 15) is 9.18 Å². The second kappa shape index (κ2) is 7.28. The third kappa shape index (κ3) is 4.98. The Morgan fingerprint density at radius 1 is 1.44 bits per heavy atom. The van der Waals surface area contributed by atoms with E-state index in [1.54, 1.807) is 0 Å². The van der Waals surface area contributed by atoms with Gasteiger partial charge in [0.25, 0.3) is 5.91 Å². The number of hydrogen-bond donors (Lipinski definition) is 2. The number of rotatable bonds is 6. The summed E-state index contributed by atoms with van der Waals surface area (Å²) >= 11 is 10.3. The lowest BCUT2D eigenvalue weighted by Gasteiger charge is -2.06. The largest absolute Gasteiger partial charge is 0.393 e. The first kappa shape index (κ1) is 14.9. The smallest absolute Gasteiger partial charge is 0.254 e. The molecule has 0 aromatic heterocycles. The number of nitrogens with two attached hydrogens (primary N) is 1. The highest BCUT2D eigenvalue weighted by Gasteiger charge is 2.10. The summed E-state index contributed by atoms with van der Waals surface area (Å²) in [5.41, 5.74) is 5.34. The van der Waals surface area contributed by atoms with Gasteiger partial charge < -0.3 is 11.1 Å². The van der Waals surface area contributed by atoms with Crippen molar-refractivity contribution in [2.24, 2.45) is 5.73 Å². The molecule has 0 aliphatic heterocycles. The number of nitrogens with one attached hydrogen (secondary N) is 1. The van der Waals surface area contributed by atoms with Gasteiger partial charge in [-0.25, -0.2) is 4.39 Å². The minimum atomic E-state index is -0.622. The standard InChI is InChI=1S/C12H14ClFN2OS/c13-8-4-5-9(10(14)7-8)12(17)16-6-2-1-3-11(15)18/h4-5,7H,1-3,6H2,(H2,15,18)(H,16,17). The molecule has 0 atom stereocenters. The van der Waals surface area contributed by atoms with Crippen molar-refractivity contribution in [2.45, 2.75) is 19.3 Å². The van der Waals surface area contributed by atoms with Gasteiger partial charge in [0.2, 0.25) is 0 Å². The van der Waals surface area contributed by atoms with Gasteiger partial charge in [0.1, 0.15) is 5.82 Å². The van der Waals surface area contributed by atoms with Crippen LogP contribution in [0.5, 0.6) is 0 Å². The molecular weight excluding hydrogens is 275 g/mol. The van der Waals surface area contributed by atoms with Crippen LogP contribution in [0.2, 0.25) is 5.02 Å². The maximum Gasteiger partial charge on any atom is 0.254 e. The quantitative estimate of drug-likeness (QED) is 0.625. The molecule has 98 valence electrons. The highest BCUT2D eigenvalue weighted by Crippen LogP contribution is 2.14. The normalized spacial score (nSPS) is 10.1. The Balaban J connectivity index is 2.39. The molecule has 0 heterocycles. The highest BCUT2D eigenvalue weighted by molar-refractivity contribution is 7.80. The zero-order valence-electron chi connectivity index (χ0n) is 9.71. The molecule has 3 nitrogen and oxygen atoms in total. The van der Waals surface area contributed by atoms with Crippen LogP contribution in [0.1, 0.15) is 29.6 Å². The fourth-order valence-corrected chi connectivity index (χ4v) is 1.70. The summed E-state index contributed by atoms with van der Waals surface area (Å²) in [5, 5.41) is 2.89. The third-order valence-corrected chi connectivity index (χ3v) is 2.75. The third-order valence-electron chi connectivity index (χ3n) is 2.31. The lowest BCUT2D eigenvalue weighted by Crippen LogP contribution is -2.25. The monoisotopic (exact) mass is 288 g/mol. The molecule has 1 rings (SSSR count). The van der Waals surface area contributed by atoms with Crippen LogP contribution in [0.3, 0.4) is 0 Å². The lowest BCUT2D eigenvalue weighted by atomic mass is 10.2. The number of carbonyl (C=O) groups excluding carboxylic acids is 1. The fourth-order valence-electron chi connectivity index (χ4n) is 1.39.